The summed E-state index contributed by atoms with van der Waals surface area (Å²) >= 11 is 1.18. The highest BCUT2D eigenvalue weighted by Gasteiger charge is 2.09. The molecule has 2 aromatic rings. The maximum absolute atomic E-state index is 10.6. The molecule has 0 radical (unpaired) electrons. The fourth-order valence-electron chi connectivity index (χ4n) is 1.61. The van der Waals surface area contributed by atoms with E-state index in [1.165, 1.54) is 17.4 Å². The first-order valence-corrected chi connectivity index (χ1v) is 6.70. The minimum Gasteiger partial charge on any atom is -0.494 e. The van der Waals surface area contributed by atoms with E-state index in [9.17, 15) is 10.1 Å². The molecule has 0 fully saturated rings. The van der Waals surface area contributed by atoms with Gasteiger partial charge in [0.15, 0.2) is 0 Å². The van der Waals surface area contributed by atoms with Gasteiger partial charge >= 0.3 is 5.00 Å². The molecule has 2 rings (SSSR count). The fraction of sp³-hybridized carbons (Fsp3) is 0.231. The summed E-state index contributed by atoms with van der Waals surface area (Å²) in [7, 11) is 0. The Morgan fingerprint density at radius 2 is 2.21 bits per heavy atom. The molecule has 1 aromatic carbocycles. The van der Waals surface area contributed by atoms with Crippen molar-refractivity contribution in [1.29, 1.82) is 0 Å². The monoisotopic (exact) mass is 278 g/mol. The first kappa shape index (κ1) is 13.4. The summed E-state index contributed by atoms with van der Waals surface area (Å²) in [6.07, 6.45) is 0. The minimum atomic E-state index is -0.371. The number of hydrogen-bond acceptors (Lipinski definition) is 5. The van der Waals surface area contributed by atoms with Crippen LogP contribution in [-0.4, -0.2) is 11.5 Å². The molecule has 0 saturated heterocycles. The predicted octanol–water partition coefficient (Wildman–Crippen LogP) is 3.67. The van der Waals surface area contributed by atoms with Crippen LogP contribution in [0, 0.1) is 10.1 Å². The number of hydrogen-bond donors (Lipinski definition) is 1. The SMILES string of the molecule is CCOc1cccc(NCc2ccc([N+](=O)[O-])s2)c1. The van der Waals surface area contributed by atoms with E-state index in [1.807, 2.05) is 31.2 Å². The third-order valence-corrected chi connectivity index (χ3v) is 3.48. The number of thiophene rings is 1. The van der Waals surface area contributed by atoms with Gasteiger partial charge in [-0.2, -0.15) is 0 Å². The predicted molar refractivity (Wildman–Crippen MR) is 75.9 cm³/mol. The molecule has 0 amide bonds. The Balaban J connectivity index is 1.97. The van der Waals surface area contributed by atoms with Gasteiger partial charge in [-0.3, -0.25) is 10.1 Å². The molecule has 0 aliphatic rings. The Morgan fingerprint density at radius 1 is 1.37 bits per heavy atom. The quantitative estimate of drug-likeness (QED) is 0.647. The van der Waals surface area contributed by atoms with Crippen molar-refractivity contribution in [1.82, 2.24) is 0 Å². The van der Waals surface area contributed by atoms with E-state index in [0.29, 0.717) is 13.2 Å². The number of rotatable bonds is 6. The van der Waals surface area contributed by atoms with Crippen molar-refractivity contribution in [2.24, 2.45) is 0 Å². The van der Waals surface area contributed by atoms with E-state index in [1.54, 1.807) is 6.07 Å². The van der Waals surface area contributed by atoms with Gasteiger partial charge < -0.3 is 10.1 Å². The van der Waals surface area contributed by atoms with Gasteiger partial charge in [-0.25, -0.2) is 0 Å². The molecule has 1 N–H and O–H groups in total. The van der Waals surface area contributed by atoms with E-state index in [2.05, 4.69) is 5.32 Å². The van der Waals surface area contributed by atoms with Crippen molar-refractivity contribution >= 4 is 22.0 Å². The summed E-state index contributed by atoms with van der Waals surface area (Å²) in [6.45, 7) is 3.12. The molecule has 0 spiro atoms. The summed E-state index contributed by atoms with van der Waals surface area (Å²) in [4.78, 5) is 11.1. The van der Waals surface area contributed by atoms with Crippen molar-refractivity contribution in [3.8, 4) is 5.75 Å². The van der Waals surface area contributed by atoms with Crippen LogP contribution in [0.2, 0.25) is 0 Å². The van der Waals surface area contributed by atoms with Crippen molar-refractivity contribution in [2.75, 3.05) is 11.9 Å². The Morgan fingerprint density at radius 3 is 2.89 bits per heavy atom. The van der Waals surface area contributed by atoms with Crippen LogP contribution in [0.3, 0.4) is 0 Å². The maximum atomic E-state index is 10.6. The molecule has 0 atom stereocenters. The number of anilines is 1. The second-order valence-corrected chi connectivity index (χ2v) is 4.96. The largest absolute Gasteiger partial charge is 0.494 e. The van der Waals surface area contributed by atoms with E-state index in [4.69, 9.17) is 4.74 Å². The summed E-state index contributed by atoms with van der Waals surface area (Å²) in [6, 6.07) is 10.9. The fourth-order valence-corrected chi connectivity index (χ4v) is 2.37. The standard InChI is InChI=1S/C13H14N2O3S/c1-2-18-11-5-3-4-10(8-11)14-9-12-6-7-13(19-12)15(16)17/h3-8,14H,2,9H2,1H3. The molecule has 0 bridgehead atoms. The highest BCUT2D eigenvalue weighted by atomic mass is 32.1. The highest BCUT2D eigenvalue weighted by molar-refractivity contribution is 7.15. The van der Waals surface area contributed by atoms with Crippen LogP contribution < -0.4 is 10.1 Å². The van der Waals surface area contributed by atoms with Crippen LogP contribution in [0.5, 0.6) is 5.75 Å². The summed E-state index contributed by atoms with van der Waals surface area (Å²) in [5, 5.41) is 14.0. The summed E-state index contributed by atoms with van der Waals surface area (Å²) < 4.78 is 5.41. The third-order valence-electron chi connectivity index (χ3n) is 2.44. The molecule has 100 valence electrons. The molecule has 0 saturated carbocycles. The lowest BCUT2D eigenvalue weighted by Gasteiger charge is -2.07. The van der Waals surface area contributed by atoms with Crippen molar-refractivity contribution < 1.29 is 9.66 Å². The number of benzene rings is 1. The molecule has 1 aromatic heterocycles. The number of nitrogens with zero attached hydrogens (tertiary/aromatic N) is 1. The lowest BCUT2D eigenvalue weighted by atomic mass is 10.3. The second-order valence-electron chi connectivity index (χ2n) is 3.81. The Kier molecular flexibility index (Phi) is 4.35. The van der Waals surface area contributed by atoms with Gasteiger partial charge in [0.1, 0.15) is 5.75 Å². The first-order valence-electron chi connectivity index (χ1n) is 5.89. The summed E-state index contributed by atoms with van der Waals surface area (Å²) in [5.74, 6) is 0.810. The zero-order chi connectivity index (χ0) is 13.7. The Hall–Kier alpha value is -2.08. The molecular formula is C13H14N2O3S. The maximum Gasteiger partial charge on any atom is 0.324 e. The lowest BCUT2D eigenvalue weighted by molar-refractivity contribution is -0.380. The van der Waals surface area contributed by atoms with E-state index in [-0.39, 0.29) is 9.92 Å². The number of ether oxygens (including phenoxy) is 1. The molecule has 0 unspecified atom stereocenters. The Bertz CT molecular complexity index is 569. The highest BCUT2D eigenvalue weighted by Crippen LogP contribution is 2.25. The van der Waals surface area contributed by atoms with Crippen LogP contribution in [0.4, 0.5) is 10.7 Å². The van der Waals surface area contributed by atoms with Crippen molar-refractivity contribution in [3.05, 3.63) is 51.4 Å². The second kappa shape index (κ2) is 6.19. The van der Waals surface area contributed by atoms with Crippen LogP contribution in [-0.2, 0) is 6.54 Å². The van der Waals surface area contributed by atoms with Gasteiger partial charge in [0.05, 0.1) is 11.5 Å². The number of nitro groups is 1. The van der Waals surface area contributed by atoms with Crippen LogP contribution >= 0.6 is 11.3 Å². The normalized spacial score (nSPS) is 10.2. The average Bonchev–Trinajstić information content (AvgIpc) is 2.86. The molecule has 19 heavy (non-hydrogen) atoms. The smallest absolute Gasteiger partial charge is 0.324 e. The molecule has 0 aliphatic carbocycles. The van der Waals surface area contributed by atoms with Crippen molar-refractivity contribution in [2.45, 2.75) is 13.5 Å². The van der Waals surface area contributed by atoms with E-state index in [0.717, 1.165) is 16.3 Å². The van der Waals surface area contributed by atoms with Gasteiger partial charge in [-0.05, 0) is 25.1 Å². The molecule has 5 nitrogen and oxygen atoms in total. The topological polar surface area (TPSA) is 64.4 Å². The number of nitrogens with one attached hydrogen (secondary N) is 1. The van der Waals surface area contributed by atoms with Gasteiger partial charge in [0, 0.05) is 29.2 Å². The molecule has 1 heterocycles. The van der Waals surface area contributed by atoms with Crippen LogP contribution in [0.15, 0.2) is 36.4 Å². The average molecular weight is 278 g/mol. The van der Waals surface area contributed by atoms with Gasteiger partial charge in [-0.1, -0.05) is 17.4 Å². The van der Waals surface area contributed by atoms with Crippen molar-refractivity contribution in [3.63, 3.8) is 0 Å². The van der Waals surface area contributed by atoms with Gasteiger partial charge in [0.25, 0.3) is 0 Å². The summed E-state index contributed by atoms with van der Waals surface area (Å²) in [5.41, 5.74) is 0.932. The third kappa shape index (κ3) is 3.69. The van der Waals surface area contributed by atoms with Crippen LogP contribution in [0.25, 0.3) is 0 Å². The molecular weight excluding hydrogens is 264 g/mol. The lowest BCUT2D eigenvalue weighted by Crippen LogP contribution is -1.98. The molecule has 0 aliphatic heterocycles. The van der Waals surface area contributed by atoms with Gasteiger partial charge in [-0.15, -0.1) is 0 Å². The first-order chi connectivity index (χ1) is 9.19. The van der Waals surface area contributed by atoms with Crippen LogP contribution in [0.1, 0.15) is 11.8 Å². The Labute approximate surface area is 115 Å². The van der Waals surface area contributed by atoms with E-state index < -0.39 is 0 Å². The zero-order valence-corrected chi connectivity index (χ0v) is 11.3. The molecule has 6 heteroatoms. The van der Waals surface area contributed by atoms with E-state index >= 15 is 0 Å². The zero-order valence-electron chi connectivity index (χ0n) is 10.5. The minimum absolute atomic E-state index is 0.167. The van der Waals surface area contributed by atoms with Gasteiger partial charge in [0.2, 0.25) is 0 Å².